The van der Waals surface area contributed by atoms with Crippen molar-refractivity contribution in [3.63, 3.8) is 0 Å². The second-order valence-electron chi connectivity index (χ2n) is 4.03. The highest BCUT2D eigenvalue weighted by Crippen LogP contribution is 2.13. The van der Waals surface area contributed by atoms with Crippen LogP contribution in [0.25, 0.3) is 0 Å². The fraction of sp³-hybridized carbons (Fsp3) is 0.636. The van der Waals surface area contributed by atoms with E-state index in [9.17, 15) is 4.79 Å². The van der Waals surface area contributed by atoms with Crippen LogP contribution in [-0.4, -0.2) is 47.8 Å². The molecule has 1 aromatic rings. The molecule has 0 saturated heterocycles. The van der Waals surface area contributed by atoms with Crippen LogP contribution in [-0.2, 0) is 4.74 Å². The zero-order valence-electron chi connectivity index (χ0n) is 10.5. The maximum atomic E-state index is 12.2. The molecule has 1 atom stereocenters. The zero-order chi connectivity index (χ0) is 12.3. The third kappa shape index (κ3) is 2.41. The van der Waals surface area contributed by atoms with Crippen molar-refractivity contribution in [1.29, 1.82) is 0 Å². The van der Waals surface area contributed by atoms with Gasteiger partial charge in [0.25, 0.3) is 5.91 Å². The Balaban J connectivity index is 2.86. The number of hydrogen-bond donors (Lipinski definition) is 1. The first-order valence-electron chi connectivity index (χ1n) is 5.26. The molecule has 1 unspecified atom stereocenters. The number of nitrogens with zero attached hydrogens (tertiary/aromatic N) is 2. The fourth-order valence-electron chi connectivity index (χ4n) is 1.60. The Bertz CT molecular complexity index is 354. The molecule has 0 saturated carbocycles. The van der Waals surface area contributed by atoms with Gasteiger partial charge in [-0.3, -0.25) is 9.89 Å². The summed E-state index contributed by atoms with van der Waals surface area (Å²) in [5.41, 5.74) is 2.20. The van der Waals surface area contributed by atoms with E-state index in [0.717, 1.165) is 11.4 Å². The van der Waals surface area contributed by atoms with E-state index in [1.54, 1.807) is 19.1 Å². The molecule has 0 bridgehead atoms. The Morgan fingerprint density at radius 3 is 2.62 bits per heavy atom. The van der Waals surface area contributed by atoms with Crippen LogP contribution in [0.3, 0.4) is 0 Å². The number of carbonyl (C=O) groups excluding carboxylic acids is 1. The standard InChI is InChI=1S/C11H19N3O2/c1-7(6-16-5)14(4)11(15)10-8(2)12-13-9(10)3/h7H,6H2,1-5H3,(H,12,13). The first-order chi connectivity index (χ1) is 7.49. The van der Waals surface area contributed by atoms with Crippen LogP contribution in [0.5, 0.6) is 0 Å². The Kier molecular flexibility index (Phi) is 4.06. The summed E-state index contributed by atoms with van der Waals surface area (Å²) in [5.74, 6) is -0.0201. The van der Waals surface area contributed by atoms with E-state index in [2.05, 4.69) is 10.2 Å². The number of methoxy groups -OCH3 is 1. The Morgan fingerprint density at radius 2 is 2.19 bits per heavy atom. The summed E-state index contributed by atoms with van der Waals surface area (Å²) in [6.07, 6.45) is 0. The predicted octanol–water partition coefficient (Wildman–Crippen LogP) is 1.13. The maximum absolute atomic E-state index is 12.2. The summed E-state index contributed by atoms with van der Waals surface area (Å²) >= 11 is 0. The van der Waals surface area contributed by atoms with Crippen molar-refractivity contribution in [3.05, 3.63) is 17.0 Å². The molecule has 1 amide bonds. The Hall–Kier alpha value is -1.36. The van der Waals surface area contributed by atoms with Crippen LogP contribution < -0.4 is 0 Å². The van der Waals surface area contributed by atoms with Crippen molar-refractivity contribution < 1.29 is 9.53 Å². The smallest absolute Gasteiger partial charge is 0.257 e. The highest BCUT2D eigenvalue weighted by Gasteiger charge is 2.22. The topological polar surface area (TPSA) is 58.2 Å². The van der Waals surface area contributed by atoms with Gasteiger partial charge in [-0.25, -0.2) is 0 Å². The molecule has 0 radical (unpaired) electrons. The van der Waals surface area contributed by atoms with E-state index >= 15 is 0 Å². The van der Waals surface area contributed by atoms with Gasteiger partial charge in [0, 0.05) is 19.9 Å². The number of ether oxygens (including phenoxy) is 1. The zero-order valence-corrected chi connectivity index (χ0v) is 10.5. The van der Waals surface area contributed by atoms with Crippen molar-refractivity contribution in [3.8, 4) is 0 Å². The lowest BCUT2D eigenvalue weighted by Gasteiger charge is -2.24. The molecule has 0 aliphatic heterocycles. The third-order valence-electron chi connectivity index (χ3n) is 2.73. The van der Waals surface area contributed by atoms with Crippen LogP contribution in [0.15, 0.2) is 0 Å². The normalized spacial score (nSPS) is 12.6. The SMILES string of the molecule is COCC(C)N(C)C(=O)c1c(C)n[nH]c1C. The van der Waals surface area contributed by atoms with E-state index < -0.39 is 0 Å². The number of hydrogen-bond acceptors (Lipinski definition) is 3. The number of aromatic amines is 1. The van der Waals surface area contributed by atoms with Gasteiger partial charge in [0.15, 0.2) is 0 Å². The molecule has 16 heavy (non-hydrogen) atoms. The lowest BCUT2D eigenvalue weighted by Crippen LogP contribution is -2.38. The largest absolute Gasteiger partial charge is 0.383 e. The number of rotatable bonds is 4. The summed E-state index contributed by atoms with van der Waals surface area (Å²) in [6.45, 7) is 6.15. The van der Waals surface area contributed by atoms with Crippen LogP contribution in [0, 0.1) is 13.8 Å². The average molecular weight is 225 g/mol. The van der Waals surface area contributed by atoms with E-state index in [0.29, 0.717) is 12.2 Å². The lowest BCUT2D eigenvalue weighted by atomic mass is 10.1. The molecule has 0 fully saturated rings. The average Bonchev–Trinajstić information content (AvgIpc) is 2.57. The highest BCUT2D eigenvalue weighted by atomic mass is 16.5. The molecule has 5 heteroatoms. The second-order valence-corrected chi connectivity index (χ2v) is 4.03. The summed E-state index contributed by atoms with van der Waals surface area (Å²) in [6, 6.07) is 0.0474. The van der Waals surface area contributed by atoms with Gasteiger partial charge >= 0.3 is 0 Å². The van der Waals surface area contributed by atoms with Crippen molar-refractivity contribution in [1.82, 2.24) is 15.1 Å². The summed E-state index contributed by atoms with van der Waals surface area (Å²) in [5, 5.41) is 6.84. The molecule has 1 heterocycles. The van der Waals surface area contributed by atoms with Crippen molar-refractivity contribution in [2.24, 2.45) is 0 Å². The number of H-pyrrole nitrogens is 1. The van der Waals surface area contributed by atoms with Gasteiger partial charge in [-0.2, -0.15) is 5.10 Å². The number of likely N-dealkylation sites (N-methyl/N-ethyl adjacent to an activating group) is 1. The van der Waals surface area contributed by atoms with Crippen LogP contribution in [0.2, 0.25) is 0 Å². The molecule has 0 aliphatic carbocycles. The van der Waals surface area contributed by atoms with Gasteiger partial charge in [-0.1, -0.05) is 0 Å². The highest BCUT2D eigenvalue weighted by molar-refractivity contribution is 5.96. The molecule has 1 aromatic heterocycles. The first kappa shape index (κ1) is 12.7. The minimum absolute atomic E-state index is 0.0201. The molecule has 1 rings (SSSR count). The molecular weight excluding hydrogens is 206 g/mol. The molecule has 5 nitrogen and oxygen atoms in total. The summed E-state index contributed by atoms with van der Waals surface area (Å²) < 4.78 is 5.04. The van der Waals surface area contributed by atoms with Crippen molar-refractivity contribution in [2.75, 3.05) is 20.8 Å². The summed E-state index contributed by atoms with van der Waals surface area (Å²) in [4.78, 5) is 13.8. The van der Waals surface area contributed by atoms with Crippen molar-refractivity contribution in [2.45, 2.75) is 26.8 Å². The third-order valence-corrected chi connectivity index (χ3v) is 2.73. The minimum Gasteiger partial charge on any atom is -0.383 e. The van der Waals surface area contributed by atoms with E-state index in [4.69, 9.17) is 4.74 Å². The molecule has 0 spiro atoms. The van der Waals surface area contributed by atoms with E-state index in [1.807, 2.05) is 20.8 Å². The lowest BCUT2D eigenvalue weighted by molar-refractivity contribution is 0.0632. The number of aromatic nitrogens is 2. The van der Waals surface area contributed by atoms with Gasteiger partial charge in [0.05, 0.1) is 23.9 Å². The van der Waals surface area contributed by atoms with Crippen molar-refractivity contribution >= 4 is 5.91 Å². The summed E-state index contributed by atoms with van der Waals surface area (Å²) in [7, 11) is 3.40. The molecule has 0 aliphatic rings. The maximum Gasteiger partial charge on any atom is 0.257 e. The Morgan fingerprint density at radius 1 is 1.56 bits per heavy atom. The second kappa shape index (κ2) is 5.12. The number of carbonyl (C=O) groups is 1. The monoisotopic (exact) mass is 225 g/mol. The van der Waals surface area contributed by atoms with Gasteiger partial charge in [-0.05, 0) is 20.8 Å². The van der Waals surface area contributed by atoms with Gasteiger partial charge in [0.1, 0.15) is 0 Å². The molecule has 0 aromatic carbocycles. The van der Waals surface area contributed by atoms with Crippen LogP contribution in [0.1, 0.15) is 28.7 Å². The number of nitrogens with one attached hydrogen (secondary N) is 1. The number of aryl methyl sites for hydroxylation is 2. The molecular formula is C11H19N3O2. The minimum atomic E-state index is -0.0201. The quantitative estimate of drug-likeness (QED) is 0.835. The molecule has 90 valence electrons. The Labute approximate surface area is 95.8 Å². The molecule has 1 N–H and O–H groups in total. The first-order valence-corrected chi connectivity index (χ1v) is 5.26. The fourth-order valence-corrected chi connectivity index (χ4v) is 1.60. The number of amides is 1. The predicted molar refractivity (Wildman–Crippen MR) is 61.5 cm³/mol. The van der Waals surface area contributed by atoms with Gasteiger partial charge in [0.2, 0.25) is 0 Å². The van der Waals surface area contributed by atoms with Gasteiger partial charge < -0.3 is 9.64 Å². The van der Waals surface area contributed by atoms with Gasteiger partial charge in [-0.15, -0.1) is 0 Å². The van der Waals surface area contributed by atoms with Crippen LogP contribution in [0.4, 0.5) is 0 Å². The van der Waals surface area contributed by atoms with E-state index in [-0.39, 0.29) is 11.9 Å². The van der Waals surface area contributed by atoms with E-state index in [1.165, 1.54) is 0 Å². The van der Waals surface area contributed by atoms with Crippen LogP contribution >= 0.6 is 0 Å².